The summed E-state index contributed by atoms with van der Waals surface area (Å²) in [6.07, 6.45) is 41.2. The number of hydrogen-bond donors (Lipinski definition) is 2. The van der Waals surface area contributed by atoms with Gasteiger partial charge in [0.05, 0.1) is 19.8 Å². The van der Waals surface area contributed by atoms with Crippen molar-refractivity contribution in [3.05, 3.63) is 48.6 Å². The second-order valence-corrected chi connectivity index (χ2v) is 13.9. The number of rotatable bonds is 36. The van der Waals surface area contributed by atoms with E-state index < -0.39 is 13.9 Å². The number of allylic oxidation sites excluding steroid dienone is 8. The summed E-state index contributed by atoms with van der Waals surface area (Å²) in [5.41, 5.74) is 5.35. The van der Waals surface area contributed by atoms with Gasteiger partial charge in [0.25, 0.3) is 0 Å². The molecule has 0 saturated heterocycles. The molecule has 2 unspecified atom stereocenters. The molecule has 8 nitrogen and oxygen atoms in total. The maximum absolute atomic E-state index is 12.5. The van der Waals surface area contributed by atoms with E-state index >= 15 is 0 Å². The van der Waals surface area contributed by atoms with E-state index in [1.165, 1.54) is 64.2 Å². The summed E-state index contributed by atoms with van der Waals surface area (Å²) in [5, 5.41) is 0. The van der Waals surface area contributed by atoms with Crippen LogP contribution in [0.2, 0.25) is 0 Å². The van der Waals surface area contributed by atoms with Crippen molar-refractivity contribution in [3.8, 4) is 0 Å². The zero-order chi connectivity index (χ0) is 35.2. The summed E-state index contributed by atoms with van der Waals surface area (Å²) < 4.78 is 33.3. The molecule has 0 aromatic carbocycles. The highest BCUT2D eigenvalue weighted by molar-refractivity contribution is 7.47. The van der Waals surface area contributed by atoms with Crippen LogP contribution >= 0.6 is 7.82 Å². The first kappa shape index (κ1) is 46.5. The molecule has 0 aromatic heterocycles. The Bertz CT molecular complexity index is 874. The minimum absolute atomic E-state index is 0.0946. The van der Waals surface area contributed by atoms with E-state index in [9.17, 15) is 14.3 Å². The maximum atomic E-state index is 12.5. The first-order chi connectivity index (χ1) is 23.4. The van der Waals surface area contributed by atoms with Gasteiger partial charge in [-0.1, -0.05) is 127 Å². The molecule has 0 aliphatic rings. The van der Waals surface area contributed by atoms with Gasteiger partial charge in [0.1, 0.15) is 6.10 Å². The Hall–Kier alpha value is -1.54. The van der Waals surface area contributed by atoms with Gasteiger partial charge < -0.3 is 20.1 Å². The molecule has 2 atom stereocenters. The highest BCUT2D eigenvalue weighted by atomic mass is 31.2. The minimum atomic E-state index is -4.28. The molecule has 0 aromatic rings. The molecule has 0 radical (unpaired) electrons. The standard InChI is InChI=1S/C39H72NO7P/c1-3-5-7-9-11-13-15-17-19-20-22-24-26-28-30-32-39(41)47-38(37-46-48(42,43)45-35-33-40)36-44-34-31-29-27-25-23-21-18-16-14-12-10-8-6-4-2/h5,7,11,13-14,16-17,19,38H,3-4,6,8-10,12,15,18,20-37,40H2,1-2H3,(H,42,43)/b7-5-,13-11-,16-14-,19-17-. The van der Waals surface area contributed by atoms with Crippen LogP contribution in [0.15, 0.2) is 48.6 Å². The molecule has 0 aliphatic carbocycles. The van der Waals surface area contributed by atoms with E-state index in [-0.39, 0.29) is 32.3 Å². The van der Waals surface area contributed by atoms with Gasteiger partial charge in [-0.25, -0.2) is 4.57 Å². The molecule has 0 bridgehead atoms. The summed E-state index contributed by atoms with van der Waals surface area (Å²) in [6.45, 7) is 4.74. The van der Waals surface area contributed by atoms with Crippen LogP contribution in [0.3, 0.4) is 0 Å². The normalized spacial score (nSPS) is 14.2. The number of ether oxygens (including phenoxy) is 2. The third kappa shape index (κ3) is 35.8. The smallest absolute Gasteiger partial charge is 0.457 e. The molecule has 0 saturated carbocycles. The average molecular weight is 698 g/mol. The number of hydrogen-bond acceptors (Lipinski definition) is 7. The molecular weight excluding hydrogens is 625 g/mol. The predicted molar refractivity (Wildman–Crippen MR) is 201 cm³/mol. The summed E-state index contributed by atoms with van der Waals surface area (Å²) in [6, 6.07) is 0. The maximum Gasteiger partial charge on any atom is 0.472 e. The molecule has 0 fully saturated rings. The number of phosphoric ester groups is 1. The number of carbonyl (C=O) groups excluding carboxylic acids is 1. The van der Waals surface area contributed by atoms with E-state index in [1.807, 2.05) is 0 Å². The Balaban J connectivity index is 4.14. The molecule has 0 heterocycles. The van der Waals surface area contributed by atoms with E-state index in [4.69, 9.17) is 24.3 Å². The van der Waals surface area contributed by atoms with Crippen LogP contribution in [0.25, 0.3) is 0 Å². The Morgan fingerprint density at radius 3 is 1.77 bits per heavy atom. The van der Waals surface area contributed by atoms with E-state index in [1.54, 1.807) is 0 Å². The van der Waals surface area contributed by atoms with Gasteiger partial charge in [-0.05, 0) is 70.6 Å². The topological polar surface area (TPSA) is 117 Å². The number of phosphoric acid groups is 1. The lowest BCUT2D eigenvalue weighted by Gasteiger charge is -2.20. The summed E-state index contributed by atoms with van der Waals surface area (Å²) in [4.78, 5) is 22.4. The van der Waals surface area contributed by atoms with Crippen molar-refractivity contribution in [2.24, 2.45) is 5.73 Å². The van der Waals surface area contributed by atoms with Gasteiger partial charge in [0.15, 0.2) is 0 Å². The summed E-state index contributed by atoms with van der Waals surface area (Å²) in [7, 11) is -4.28. The van der Waals surface area contributed by atoms with Gasteiger partial charge in [0, 0.05) is 19.6 Å². The fourth-order valence-electron chi connectivity index (χ4n) is 4.94. The Morgan fingerprint density at radius 2 is 1.17 bits per heavy atom. The molecule has 48 heavy (non-hydrogen) atoms. The monoisotopic (exact) mass is 698 g/mol. The van der Waals surface area contributed by atoms with Crippen LogP contribution in [0.4, 0.5) is 0 Å². The zero-order valence-electron chi connectivity index (χ0n) is 30.7. The van der Waals surface area contributed by atoms with Crippen LogP contribution in [-0.4, -0.2) is 49.9 Å². The lowest BCUT2D eigenvalue weighted by molar-refractivity contribution is -0.154. The first-order valence-corrected chi connectivity index (χ1v) is 20.6. The zero-order valence-corrected chi connectivity index (χ0v) is 31.6. The minimum Gasteiger partial charge on any atom is -0.457 e. The Labute approximate surface area is 294 Å². The van der Waals surface area contributed by atoms with Crippen LogP contribution in [-0.2, 0) is 27.9 Å². The largest absolute Gasteiger partial charge is 0.472 e. The SMILES string of the molecule is CC/C=C\C/C=C\C/C=C\CCCCCCCC(=O)OC(COCCCCCCCC/C=C\CCCCCC)COP(=O)(O)OCCN. The fourth-order valence-corrected chi connectivity index (χ4v) is 5.71. The molecule has 280 valence electrons. The second-order valence-electron chi connectivity index (χ2n) is 12.4. The highest BCUT2D eigenvalue weighted by Gasteiger charge is 2.25. The lowest BCUT2D eigenvalue weighted by atomic mass is 10.1. The van der Waals surface area contributed by atoms with E-state index in [2.05, 4.69) is 62.5 Å². The van der Waals surface area contributed by atoms with Crippen LogP contribution in [0, 0.1) is 0 Å². The van der Waals surface area contributed by atoms with Crippen molar-refractivity contribution in [1.29, 1.82) is 0 Å². The number of esters is 1. The van der Waals surface area contributed by atoms with Gasteiger partial charge in [0.2, 0.25) is 0 Å². The van der Waals surface area contributed by atoms with Crippen LogP contribution < -0.4 is 5.73 Å². The van der Waals surface area contributed by atoms with Crippen LogP contribution in [0.5, 0.6) is 0 Å². The predicted octanol–water partition coefficient (Wildman–Crippen LogP) is 10.9. The van der Waals surface area contributed by atoms with Crippen molar-refractivity contribution in [2.45, 2.75) is 161 Å². The number of unbranched alkanes of at least 4 members (excludes halogenated alkanes) is 15. The molecular formula is C39H72NO7P. The van der Waals surface area contributed by atoms with Gasteiger partial charge >= 0.3 is 13.8 Å². The second kappa shape index (κ2) is 36.7. The molecule has 3 N–H and O–H groups in total. The first-order valence-electron chi connectivity index (χ1n) is 19.1. The lowest BCUT2D eigenvalue weighted by Crippen LogP contribution is -2.28. The van der Waals surface area contributed by atoms with Crippen LogP contribution in [0.1, 0.15) is 155 Å². The van der Waals surface area contributed by atoms with Gasteiger partial charge in [-0.15, -0.1) is 0 Å². The third-order valence-electron chi connectivity index (χ3n) is 7.73. The van der Waals surface area contributed by atoms with E-state index in [0.29, 0.717) is 13.0 Å². The van der Waals surface area contributed by atoms with Gasteiger partial charge in [-0.2, -0.15) is 0 Å². The quantitative estimate of drug-likeness (QED) is 0.0287. The van der Waals surface area contributed by atoms with Crippen molar-refractivity contribution in [1.82, 2.24) is 0 Å². The number of carbonyl (C=O) groups is 1. The number of nitrogens with two attached hydrogens (primary N) is 1. The van der Waals surface area contributed by atoms with Gasteiger partial charge in [-0.3, -0.25) is 13.8 Å². The van der Waals surface area contributed by atoms with Crippen molar-refractivity contribution >= 4 is 13.8 Å². The Kier molecular flexibility index (Phi) is 35.6. The molecule has 0 amide bonds. The average Bonchev–Trinajstić information content (AvgIpc) is 3.07. The van der Waals surface area contributed by atoms with Crippen molar-refractivity contribution in [3.63, 3.8) is 0 Å². The third-order valence-corrected chi connectivity index (χ3v) is 8.71. The van der Waals surface area contributed by atoms with Crippen molar-refractivity contribution < 1.29 is 32.8 Å². The molecule has 0 rings (SSSR count). The summed E-state index contributed by atoms with van der Waals surface area (Å²) >= 11 is 0. The summed E-state index contributed by atoms with van der Waals surface area (Å²) in [5.74, 6) is -0.352. The Morgan fingerprint density at radius 1 is 0.646 bits per heavy atom. The van der Waals surface area contributed by atoms with E-state index in [0.717, 1.165) is 70.6 Å². The molecule has 0 aliphatic heterocycles. The fraction of sp³-hybridized carbons (Fsp3) is 0.769. The molecule has 9 heteroatoms. The highest BCUT2D eigenvalue weighted by Crippen LogP contribution is 2.43. The molecule has 0 spiro atoms. The van der Waals surface area contributed by atoms with Crippen molar-refractivity contribution in [2.75, 3.05) is 33.0 Å².